The number of hydrogen-bond acceptors (Lipinski definition) is 5. The van der Waals surface area contributed by atoms with Crippen LogP contribution in [0.5, 0.6) is 0 Å². The third-order valence-electron chi connectivity index (χ3n) is 7.53. The lowest BCUT2D eigenvalue weighted by Gasteiger charge is -2.42. The lowest BCUT2D eigenvalue weighted by atomic mass is 9.65. The first kappa shape index (κ1) is 23.6. The molecule has 0 saturated carbocycles. The van der Waals surface area contributed by atoms with Crippen LogP contribution in [0, 0.1) is 5.92 Å². The third kappa shape index (κ3) is 4.23. The van der Waals surface area contributed by atoms with Crippen LogP contribution in [0.1, 0.15) is 62.3 Å². The maximum atomic E-state index is 14.3. The number of fused-ring (bicyclic) bond motifs is 2. The maximum absolute atomic E-state index is 14.3. The van der Waals surface area contributed by atoms with E-state index >= 15 is 0 Å². The van der Waals surface area contributed by atoms with Crippen LogP contribution in [0.25, 0.3) is 0 Å². The van der Waals surface area contributed by atoms with Crippen LogP contribution in [0.3, 0.4) is 0 Å². The minimum Gasteiger partial charge on any atom is -0.388 e. The molecule has 2 aromatic carbocycles. The Hall–Kier alpha value is -2.54. The Morgan fingerprint density at radius 2 is 1.70 bits per heavy atom. The van der Waals surface area contributed by atoms with Gasteiger partial charge >= 0.3 is 0 Å². The molecule has 1 aliphatic carbocycles. The molecule has 4 rings (SSSR count). The molecule has 33 heavy (non-hydrogen) atoms. The Labute approximate surface area is 196 Å². The van der Waals surface area contributed by atoms with E-state index < -0.39 is 29.0 Å². The van der Waals surface area contributed by atoms with Crippen LogP contribution in [0.4, 0.5) is 0 Å². The van der Waals surface area contributed by atoms with E-state index in [0.29, 0.717) is 0 Å². The van der Waals surface area contributed by atoms with Gasteiger partial charge in [-0.1, -0.05) is 61.5 Å². The van der Waals surface area contributed by atoms with Crippen molar-refractivity contribution in [2.45, 2.75) is 62.6 Å². The Kier molecular flexibility index (Phi) is 6.45. The number of nitrogens with one attached hydrogen (secondary N) is 2. The van der Waals surface area contributed by atoms with E-state index in [2.05, 4.69) is 10.6 Å². The van der Waals surface area contributed by atoms with Crippen molar-refractivity contribution in [2.75, 3.05) is 13.1 Å². The van der Waals surface area contributed by atoms with Crippen LogP contribution in [0.2, 0.25) is 0 Å². The Balaban J connectivity index is 1.76. The highest BCUT2D eigenvalue weighted by Gasteiger charge is 2.56. The third-order valence-corrected chi connectivity index (χ3v) is 7.53. The van der Waals surface area contributed by atoms with Crippen molar-refractivity contribution in [2.24, 2.45) is 11.7 Å². The summed E-state index contributed by atoms with van der Waals surface area (Å²) >= 11 is 0. The van der Waals surface area contributed by atoms with Gasteiger partial charge in [0.05, 0.1) is 23.6 Å². The topological polar surface area (TPSA) is 104 Å². The highest BCUT2D eigenvalue weighted by atomic mass is 16.3. The van der Waals surface area contributed by atoms with Crippen molar-refractivity contribution in [1.29, 1.82) is 0 Å². The number of carbonyl (C=O) groups is 2. The number of Topliss-reactive ketones (excluding diaryl/α,β-unsaturated/α-hetero) is 1. The summed E-state index contributed by atoms with van der Waals surface area (Å²) < 4.78 is 0. The van der Waals surface area contributed by atoms with Gasteiger partial charge < -0.3 is 21.5 Å². The number of aliphatic hydroxyl groups is 1. The molecule has 1 fully saturated rings. The highest BCUT2D eigenvalue weighted by molar-refractivity contribution is 5.95. The number of piperidine rings is 1. The number of hydrogen-bond donors (Lipinski definition) is 4. The second-order valence-electron chi connectivity index (χ2n) is 10.2. The van der Waals surface area contributed by atoms with E-state index in [9.17, 15) is 14.7 Å². The molecular formula is C27H35N3O3. The van der Waals surface area contributed by atoms with Crippen LogP contribution < -0.4 is 16.4 Å². The molecule has 4 atom stereocenters. The Bertz CT molecular complexity index is 1010. The Morgan fingerprint density at radius 1 is 1.09 bits per heavy atom. The van der Waals surface area contributed by atoms with Gasteiger partial charge in [-0.15, -0.1) is 0 Å². The lowest BCUT2D eigenvalue weighted by molar-refractivity contribution is -0.136. The molecule has 6 nitrogen and oxygen atoms in total. The number of benzene rings is 2. The van der Waals surface area contributed by atoms with E-state index in [0.717, 1.165) is 42.6 Å². The fraction of sp³-hybridized carbons (Fsp3) is 0.481. The van der Waals surface area contributed by atoms with Gasteiger partial charge in [0.1, 0.15) is 0 Å². The molecule has 2 aliphatic rings. The summed E-state index contributed by atoms with van der Waals surface area (Å²) in [6.07, 6.45) is 0.626. The van der Waals surface area contributed by atoms with Crippen molar-refractivity contribution in [3.05, 3.63) is 71.3 Å². The summed E-state index contributed by atoms with van der Waals surface area (Å²) in [5.41, 5.74) is 7.34. The van der Waals surface area contributed by atoms with Gasteiger partial charge in [-0.3, -0.25) is 9.59 Å². The average Bonchev–Trinajstić information content (AvgIpc) is 3.04. The molecule has 0 bridgehead atoms. The standard InChI is InChI=1S/C27H35N3O3/c1-17(18-9-5-4-6-10-18)22(30-25(33)26(2,3)28)24(32)21-23(31)19-11-7-8-12-20(19)27(21)13-15-29-16-14-27/h4-12,17,21-23,29,31H,13-16,28H2,1-3H3,(H,30,33)/t17-,21+,22?,23?/m0/s1. The van der Waals surface area contributed by atoms with Crippen molar-refractivity contribution in [1.82, 2.24) is 10.6 Å². The van der Waals surface area contributed by atoms with Gasteiger partial charge in [0.15, 0.2) is 5.78 Å². The van der Waals surface area contributed by atoms with Crippen molar-refractivity contribution in [3.8, 4) is 0 Å². The zero-order valence-corrected chi connectivity index (χ0v) is 19.7. The summed E-state index contributed by atoms with van der Waals surface area (Å²) in [7, 11) is 0. The summed E-state index contributed by atoms with van der Waals surface area (Å²) in [5.74, 6) is -1.42. The molecule has 6 heteroatoms. The first-order chi connectivity index (χ1) is 15.7. The van der Waals surface area contributed by atoms with Crippen LogP contribution in [-0.4, -0.2) is 41.5 Å². The maximum Gasteiger partial charge on any atom is 0.240 e. The zero-order chi connectivity index (χ0) is 23.8. The molecule has 1 amide bonds. The number of ketones is 1. The van der Waals surface area contributed by atoms with Gasteiger partial charge in [0, 0.05) is 11.3 Å². The molecular weight excluding hydrogens is 414 g/mol. The van der Waals surface area contributed by atoms with E-state index in [1.165, 1.54) is 0 Å². The van der Waals surface area contributed by atoms with Crippen molar-refractivity contribution < 1.29 is 14.7 Å². The van der Waals surface area contributed by atoms with E-state index in [4.69, 9.17) is 5.73 Å². The van der Waals surface area contributed by atoms with Gasteiger partial charge in [-0.2, -0.15) is 0 Å². The second-order valence-corrected chi connectivity index (χ2v) is 10.2. The second kappa shape index (κ2) is 9.01. The largest absolute Gasteiger partial charge is 0.388 e. The number of carbonyl (C=O) groups excluding carboxylic acids is 2. The molecule has 1 spiro atoms. The van der Waals surface area contributed by atoms with Crippen LogP contribution >= 0.6 is 0 Å². The predicted octanol–water partition coefficient (Wildman–Crippen LogP) is 2.57. The molecule has 5 N–H and O–H groups in total. The zero-order valence-electron chi connectivity index (χ0n) is 19.7. The van der Waals surface area contributed by atoms with Gasteiger partial charge in [0.25, 0.3) is 0 Å². The quantitative estimate of drug-likeness (QED) is 0.543. The van der Waals surface area contributed by atoms with Crippen molar-refractivity contribution >= 4 is 11.7 Å². The molecule has 1 saturated heterocycles. The van der Waals surface area contributed by atoms with E-state index in [1.54, 1.807) is 13.8 Å². The van der Waals surface area contributed by atoms with E-state index in [-0.39, 0.29) is 17.6 Å². The molecule has 0 aromatic heterocycles. The average molecular weight is 450 g/mol. The van der Waals surface area contributed by atoms with Crippen LogP contribution in [-0.2, 0) is 15.0 Å². The molecule has 2 unspecified atom stereocenters. The molecule has 176 valence electrons. The Morgan fingerprint density at radius 3 is 2.33 bits per heavy atom. The van der Waals surface area contributed by atoms with E-state index in [1.807, 2.05) is 61.5 Å². The summed E-state index contributed by atoms with van der Waals surface area (Å²) in [5, 5.41) is 17.8. The first-order valence-corrected chi connectivity index (χ1v) is 11.8. The SMILES string of the molecule is C[C@@H](c1ccccc1)C(NC(=O)C(C)(C)N)C(=O)[C@H]1C(O)c2ccccc2C12CCNCC2. The fourth-order valence-corrected chi connectivity index (χ4v) is 5.65. The monoisotopic (exact) mass is 449 g/mol. The summed E-state index contributed by atoms with van der Waals surface area (Å²) in [6.45, 7) is 6.78. The summed E-state index contributed by atoms with van der Waals surface area (Å²) in [4.78, 5) is 27.3. The smallest absolute Gasteiger partial charge is 0.240 e. The number of nitrogens with two attached hydrogens (primary N) is 1. The lowest BCUT2D eigenvalue weighted by Crippen LogP contribution is -2.58. The molecule has 1 aliphatic heterocycles. The minimum atomic E-state index is -1.13. The molecule has 2 aromatic rings. The predicted molar refractivity (Wildman–Crippen MR) is 129 cm³/mol. The highest BCUT2D eigenvalue weighted by Crippen LogP contribution is 2.55. The van der Waals surface area contributed by atoms with Gasteiger partial charge in [-0.25, -0.2) is 0 Å². The van der Waals surface area contributed by atoms with Gasteiger partial charge in [0.2, 0.25) is 5.91 Å². The van der Waals surface area contributed by atoms with Gasteiger partial charge in [-0.05, 0) is 56.5 Å². The van der Waals surface area contributed by atoms with Crippen molar-refractivity contribution in [3.63, 3.8) is 0 Å². The van der Waals surface area contributed by atoms with Crippen LogP contribution in [0.15, 0.2) is 54.6 Å². The number of rotatable bonds is 6. The fourth-order valence-electron chi connectivity index (χ4n) is 5.65. The molecule has 1 heterocycles. The normalized spacial score (nSPS) is 23.5. The first-order valence-electron chi connectivity index (χ1n) is 11.8. The number of amides is 1. The minimum absolute atomic E-state index is 0.130. The molecule has 0 radical (unpaired) electrons. The number of aliphatic hydroxyl groups excluding tert-OH is 1. The summed E-state index contributed by atoms with van der Waals surface area (Å²) in [6, 6.07) is 16.8.